The van der Waals surface area contributed by atoms with Crippen LogP contribution in [0.25, 0.3) is 11.0 Å². The predicted molar refractivity (Wildman–Crippen MR) is 120 cm³/mol. The van der Waals surface area contributed by atoms with E-state index in [0.717, 1.165) is 11.1 Å². The maximum absolute atomic E-state index is 13.2. The summed E-state index contributed by atoms with van der Waals surface area (Å²) in [6.45, 7) is 8.17. The van der Waals surface area contributed by atoms with Crippen molar-refractivity contribution >= 4 is 28.5 Å². The van der Waals surface area contributed by atoms with E-state index in [1.165, 1.54) is 0 Å². The summed E-state index contributed by atoms with van der Waals surface area (Å²) in [7, 11) is 0. The zero-order valence-electron chi connectivity index (χ0n) is 17.9. The van der Waals surface area contributed by atoms with Gasteiger partial charge in [0.25, 0.3) is 0 Å². The molecule has 4 rings (SSSR count). The quantitative estimate of drug-likeness (QED) is 0.639. The molecule has 31 heavy (non-hydrogen) atoms. The molecule has 3 aromatic rings. The van der Waals surface area contributed by atoms with E-state index in [9.17, 15) is 14.7 Å². The van der Waals surface area contributed by atoms with Crippen molar-refractivity contribution in [3.8, 4) is 0 Å². The van der Waals surface area contributed by atoms with E-state index in [2.05, 4.69) is 5.32 Å². The lowest BCUT2D eigenvalue weighted by molar-refractivity contribution is 0.0698. The molecule has 0 amide bonds. The van der Waals surface area contributed by atoms with Crippen LogP contribution in [0, 0.1) is 13.8 Å². The first kappa shape index (κ1) is 20.9. The standard InChI is InChI=1S/C24H26N2O5/c1-14-12-18(16(3)25-20-7-5-4-6-17(20)24(28)29)22-19(13-14)21(27)15(2)23(31-22)26-8-10-30-11-9-26/h4-7,12-13,16,25H,8-11H2,1-3H3,(H,28,29). The van der Waals surface area contributed by atoms with Gasteiger partial charge in [0.1, 0.15) is 5.58 Å². The molecule has 1 aliphatic heterocycles. The van der Waals surface area contributed by atoms with Crippen molar-refractivity contribution in [3.05, 3.63) is 68.9 Å². The van der Waals surface area contributed by atoms with Crippen LogP contribution in [0.5, 0.6) is 0 Å². The second-order valence-corrected chi connectivity index (χ2v) is 7.91. The molecule has 1 aliphatic rings. The molecule has 2 N–H and O–H groups in total. The Balaban J connectivity index is 1.83. The summed E-state index contributed by atoms with van der Waals surface area (Å²) >= 11 is 0. The van der Waals surface area contributed by atoms with Gasteiger partial charge < -0.3 is 24.5 Å². The largest absolute Gasteiger partial charge is 0.478 e. The Labute approximate surface area is 180 Å². The minimum Gasteiger partial charge on any atom is -0.478 e. The first-order chi connectivity index (χ1) is 14.9. The van der Waals surface area contributed by atoms with Gasteiger partial charge in [-0.15, -0.1) is 0 Å². The summed E-state index contributed by atoms with van der Waals surface area (Å²) in [4.78, 5) is 26.8. The van der Waals surface area contributed by atoms with Crippen LogP contribution in [0.1, 0.15) is 40.0 Å². The number of carbonyl (C=O) groups is 1. The Kier molecular flexibility index (Phi) is 5.69. The van der Waals surface area contributed by atoms with Crippen LogP contribution in [0.2, 0.25) is 0 Å². The fourth-order valence-electron chi connectivity index (χ4n) is 4.05. The summed E-state index contributed by atoms with van der Waals surface area (Å²) in [6, 6.07) is 10.3. The van der Waals surface area contributed by atoms with Gasteiger partial charge in [0, 0.05) is 24.3 Å². The molecular weight excluding hydrogens is 396 g/mol. The van der Waals surface area contributed by atoms with Crippen molar-refractivity contribution in [2.75, 3.05) is 36.5 Å². The summed E-state index contributed by atoms with van der Waals surface area (Å²) in [5.74, 6) is -0.426. The highest BCUT2D eigenvalue weighted by Gasteiger charge is 2.23. The lowest BCUT2D eigenvalue weighted by Gasteiger charge is -2.29. The molecule has 162 valence electrons. The third-order valence-electron chi connectivity index (χ3n) is 5.66. The first-order valence-corrected chi connectivity index (χ1v) is 10.4. The molecule has 0 radical (unpaired) electrons. The third kappa shape index (κ3) is 4.01. The highest BCUT2D eigenvalue weighted by Crippen LogP contribution is 2.32. The number of benzene rings is 2. The number of para-hydroxylation sites is 1. The molecular formula is C24H26N2O5. The Bertz CT molecular complexity index is 1190. The fraction of sp³-hybridized carbons (Fsp3) is 0.333. The van der Waals surface area contributed by atoms with Gasteiger partial charge in [-0.1, -0.05) is 18.2 Å². The molecule has 1 unspecified atom stereocenters. The van der Waals surface area contributed by atoms with Crippen LogP contribution >= 0.6 is 0 Å². The molecule has 0 aliphatic carbocycles. The summed E-state index contributed by atoms with van der Waals surface area (Å²) in [5, 5.41) is 13.3. The van der Waals surface area contributed by atoms with Gasteiger partial charge in [0.2, 0.25) is 5.88 Å². The Morgan fingerprint density at radius 2 is 1.87 bits per heavy atom. The number of carboxylic acid groups (broad SMARTS) is 1. The Morgan fingerprint density at radius 3 is 2.58 bits per heavy atom. The topological polar surface area (TPSA) is 92.0 Å². The highest BCUT2D eigenvalue weighted by molar-refractivity contribution is 5.94. The molecule has 1 aromatic heterocycles. The zero-order valence-corrected chi connectivity index (χ0v) is 17.9. The van der Waals surface area contributed by atoms with Gasteiger partial charge in [-0.25, -0.2) is 4.79 Å². The van der Waals surface area contributed by atoms with Crippen molar-refractivity contribution in [1.29, 1.82) is 0 Å². The predicted octanol–water partition coefficient (Wildman–Crippen LogP) is 4.12. The fourth-order valence-corrected chi connectivity index (χ4v) is 4.05. The molecule has 2 aromatic carbocycles. The van der Waals surface area contributed by atoms with Gasteiger partial charge >= 0.3 is 5.97 Å². The number of anilines is 2. The Morgan fingerprint density at radius 1 is 1.16 bits per heavy atom. The number of hydrogen-bond acceptors (Lipinski definition) is 6. The van der Waals surface area contributed by atoms with E-state index in [0.29, 0.717) is 54.4 Å². The van der Waals surface area contributed by atoms with Gasteiger partial charge in [-0.3, -0.25) is 4.79 Å². The average Bonchev–Trinajstić information content (AvgIpc) is 2.77. The monoisotopic (exact) mass is 422 g/mol. The van der Waals surface area contributed by atoms with E-state index in [1.807, 2.05) is 30.9 Å². The van der Waals surface area contributed by atoms with Crippen LogP contribution in [-0.4, -0.2) is 37.4 Å². The maximum Gasteiger partial charge on any atom is 0.337 e. The molecule has 2 heterocycles. The lowest BCUT2D eigenvalue weighted by atomic mass is 10.00. The van der Waals surface area contributed by atoms with Crippen LogP contribution in [0.4, 0.5) is 11.6 Å². The lowest BCUT2D eigenvalue weighted by Crippen LogP contribution is -2.37. The van der Waals surface area contributed by atoms with Crippen LogP contribution in [0.3, 0.4) is 0 Å². The molecule has 0 spiro atoms. The Hall–Kier alpha value is -3.32. The van der Waals surface area contributed by atoms with Gasteiger partial charge in [0.05, 0.1) is 35.8 Å². The smallest absolute Gasteiger partial charge is 0.337 e. The minimum atomic E-state index is -0.999. The van der Waals surface area contributed by atoms with Gasteiger partial charge in [-0.2, -0.15) is 0 Å². The number of morpholine rings is 1. The SMILES string of the molecule is Cc1cc(C(C)Nc2ccccc2C(=O)O)c2oc(N3CCOCC3)c(C)c(=O)c2c1. The number of nitrogens with one attached hydrogen (secondary N) is 1. The maximum atomic E-state index is 13.2. The van der Waals surface area contributed by atoms with E-state index >= 15 is 0 Å². The number of aryl methyl sites for hydroxylation is 1. The summed E-state index contributed by atoms with van der Waals surface area (Å²) in [5.41, 5.74) is 3.51. The molecule has 1 saturated heterocycles. The molecule has 1 fully saturated rings. The van der Waals surface area contributed by atoms with Crippen molar-refractivity contribution in [3.63, 3.8) is 0 Å². The molecule has 0 saturated carbocycles. The van der Waals surface area contributed by atoms with Crippen LogP contribution in [-0.2, 0) is 4.74 Å². The van der Waals surface area contributed by atoms with E-state index in [1.54, 1.807) is 31.2 Å². The normalized spacial score (nSPS) is 15.1. The van der Waals surface area contributed by atoms with E-state index < -0.39 is 5.97 Å². The van der Waals surface area contributed by atoms with Crippen LogP contribution in [0.15, 0.2) is 45.6 Å². The number of nitrogens with zero attached hydrogens (tertiary/aromatic N) is 1. The second-order valence-electron chi connectivity index (χ2n) is 7.91. The summed E-state index contributed by atoms with van der Waals surface area (Å²) in [6.07, 6.45) is 0. The highest BCUT2D eigenvalue weighted by atomic mass is 16.5. The van der Waals surface area contributed by atoms with Crippen LogP contribution < -0.4 is 15.6 Å². The molecule has 7 nitrogen and oxygen atoms in total. The zero-order chi connectivity index (χ0) is 22.1. The number of ether oxygens (including phenoxy) is 1. The minimum absolute atomic E-state index is 0.0502. The van der Waals surface area contributed by atoms with Crippen molar-refractivity contribution in [1.82, 2.24) is 0 Å². The summed E-state index contributed by atoms with van der Waals surface area (Å²) < 4.78 is 11.8. The van der Waals surface area contributed by atoms with Crippen molar-refractivity contribution in [2.24, 2.45) is 0 Å². The number of hydrogen-bond donors (Lipinski definition) is 2. The van der Waals surface area contributed by atoms with Gasteiger partial charge in [-0.05, 0) is 44.5 Å². The van der Waals surface area contributed by atoms with Gasteiger partial charge in [0.15, 0.2) is 5.43 Å². The second kappa shape index (κ2) is 8.43. The number of aromatic carboxylic acids is 1. The average molecular weight is 422 g/mol. The third-order valence-corrected chi connectivity index (χ3v) is 5.66. The number of fused-ring (bicyclic) bond motifs is 1. The van der Waals surface area contributed by atoms with Crippen molar-refractivity contribution < 1.29 is 19.1 Å². The molecule has 0 bridgehead atoms. The number of carboxylic acids is 1. The van der Waals surface area contributed by atoms with E-state index in [-0.39, 0.29) is 17.0 Å². The molecule has 7 heteroatoms. The van der Waals surface area contributed by atoms with Crippen molar-refractivity contribution in [2.45, 2.75) is 26.8 Å². The van der Waals surface area contributed by atoms with E-state index in [4.69, 9.17) is 9.15 Å². The first-order valence-electron chi connectivity index (χ1n) is 10.4. The number of rotatable bonds is 5. The molecule has 1 atom stereocenters.